The predicted octanol–water partition coefficient (Wildman–Crippen LogP) is 4.96. The SMILES string of the molecule is C#C.C/C=C1\N(CC)c2ccc(OC)cc2NC12CCN(C(=O)C/C=C\C(=C/C)OC)CC2. The third-order valence-electron chi connectivity index (χ3n) is 6.30. The molecule has 1 aromatic rings. The van der Waals surface area contributed by atoms with E-state index in [9.17, 15) is 4.79 Å². The van der Waals surface area contributed by atoms with E-state index in [1.54, 1.807) is 14.2 Å². The first-order valence-electron chi connectivity index (χ1n) is 11.4. The highest BCUT2D eigenvalue weighted by Gasteiger charge is 2.44. The zero-order chi connectivity index (χ0) is 24.4. The first-order valence-corrected chi connectivity index (χ1v) is 11.4. The standard InChI is InChI=1S/C25H35N3O3.C2H2/c1-6-19(30-4)10-9-11-24(29)27-16-14-25(15-17-27)23(7-2)28(8-3)22-13-12-20(31-5)18-21(22)26-25;1-2/h6-7,9-10,12-13,18,26H,8,11,14-17H2,1-5H3;1-2H/b10-9-,19-6+,23-7-;. The van der Waals surface area contributed by atoms with Crippen LogP contribution in [0.2, 0.25) is 0 Å². The molecular formula is C27H37N3O3. The van der Waals surface area contributed by atoms with Crippen molar-refractivity contribution in [1.29, 1.82) is 0 Å². The van der Waals surface area contributed by atoms with Crippen LogP contribution in [0.3, 0.4) is 0 Å². The maximum Gasteiger partial charge on any atom is 0.226 e. The maximum atomic E-state index is 12.7. The van der Waals surface area contributed by atoms with Crippen LogP contribution in [0.1, 0.15) is 40.0 Å². The molecule has 1 spiro atoms. The molecule has 1 aromatic carbocycles. The van der Waals surface area contributed by atoms with Crippen molar-refractivity contribution in [3.05, 3.63) is 54.0 Å². The molecule has 0 aliphatic carbocycles. The van der Waals surface area contributed by atoms with E-state index < -0.39 is 0 Å². The van der Waals surface area contributed by atoms with E-state index in [1.807, 2.05) is 36.1 Å². The number of likely N-dealkylation sites (tertiary alicyclic amines) is 1. The predicted molar refractivity (Wildman–Crippen MR) is 136 cm³/mol. The Bertz CT molecular complexity index is 922. The van der Waals surface area contributed by atoms with Gasteiger partial charge < -0.3 is 24.6 Å². The number of nitrogens with one attached hydrogen (secondary N) is 1. The second kappa shape index (κ2) is 12.1. The highest BCUT2D eigenvalue weighted by atomic mass is 16.5. The van der Waals surface area contributed by atoms with Crippen molar-refractivity contribution in [3.63, 3.8) is 0 Å². The number of nitrogens with zero attached hydrogens (tertiary/aromatic N) is 2. The van der Waals surface area contributed by atoms with Crippen LogP contribution in [0.5, 0.6) is 5.75 Å². The summed E-state index contributed by atoms with van der Waals surface area (Å²) < 4.78 is 10.7. The summed E-state index contributed by atoms with van der Waals surface area (Å²) in [6.45, 7) is 8.55. The minimum Gasteiger partial charge on any atom is -0.497 e. The smallest absolute Gasteiger partial charge is 0.226 e. The summed E-state index contributed by atoms with van der Waals surface area (Å²) in [4.78, 5) is 17.1. The zero-order valence-corrected chi connectivity index (χ0v) is 20.6. The van der Waals surface area contributed by atoms with Gasteiger partial charge in [-0.1, -0.05) is 12.2 Å². The van der Waals surface area contributed by atoms with Gasteiger partial charge in [-0.2, -0.15) is 0 Å². The van der Waals surface area contributed by atoms with Gasteiger partial charge in [-0.25, -0.2) is 0 Å². The molecule has 3 rings (SSSR count). The summed E-state index contributed by atoms with van der Waals surface area (Å²) in [5.41, 5.74) is 3.37. The van der Waals surface area contributed by atoms with Crippen molar-refractivity contribution in [1.82, 2.24) is 4.90 Å². The molecule has 0 aromatic heterocycles. The second-order valence-electron chi connectivity index (χ2n) is 7.89. The Morgan fingerprint density at radius 2 is 1.91 bits per heavy atom. The number of anilines is 2. The van der Waals surface area contributed by atoms with E-state index in [0.717, 1.165) is 49.7 Å². The van der Waals surface area contributed by atoms with E-state index in [0.29, 0.717) is 6.42 Å². The summed E-state index contributed by atoms with van der Waals surface area (Å²) in [6, 6.07) is 6.19. The third kappa shape index (κ3) is 5.54. The number of fused-ring (bicyclic) bond motifs is 1. The van der Waals surface area contributed by atoms with Gasteiger partial charge in [0.25, 0.3) is 0 Å². The summed E-state index contributed by atoms with van der Waals surface area (Å²) in [5.74, 6) is 1.77. The lowest BCUT2D eigenvalue weighted by atomic mass is 9.80. The van der Waals surface area contributed by atoms with Gasteiger partial charge in [0, 0.05) is 37.8 Å². The Balaban J connectivity index is 0.00000187. The lowest BCUT2D eigenvalue weighted by Gasteiger charge is -2.51. The lowest BCUT2D eigenvalue weighted by Crippen LogP contribution is -2.57. The highest BCUT2D eigenvalue weighted by molar-refractivity contribution is 5.81. The normalized spacial score (nSPS) is 18.4. The molecule has 0 radical (unpaired) electrons. The molecule has 1 amide bonds. The van der Waals surface area contributed by atoms with Crippen molar-refractivity contribution >= 4 is 17.3 Å². The third-order valence-corrected chi connectivity index (χ3v) is 6.30. The van der Waals surface area contributed by atoms with Crippen LogP contribution in [0.4, 0.5) is 11.4 Å². The molecule has 1 saturated heterocycles. The van der Waals surface area contributed by atoms with Crippen molar-refractivity contribution in [2.75, 3.05) is 44.1 Å². The number of hydrogen-bond acceptors (Lipinski definition) is 5. The molecule has 0 bridgehead atoms. The zero-order valence-electron chi connectivity index (χ0n) is 20.6. The number of amides is 1. The largest absolute Gasteiger partial charge is 0.497 e. The minimum absolute atomic E-state index is 0.157. The van der Waals surface area contributed by atoms with Crippen molar-refractivity contribution in [2.24, 2.45) is 0 Å². The number of allylic oxidation sites excluding steroid dienone is 3. The second-order valence-corrected chi connectivity index (χ2v) is 7.89. The average molecular weight is 452 g/mol. The van der Waals surface area contributed by atoms with E-state index in [4.69, 9.17) is 9.47 Å². The van der Waals surface area contributed by atoms with Gasteiger partial charge in [-0.05, 0) is 57.9 Å². The van der Waals surface area contributed by atoms with Gasteiger partial charge in [-0.15, -0.1) is 12.8 Å². The van der Waals surface area contributed by atoms with Crippen LogP contribution < -0.4 is 15.0 Å². The number of carbonyl (C=O) groups is 1. The van der Waals surface area contributed by atoms with Crippen molar-refractivity contribution < 1.29 is 14.3 Å². The summed E-state index contributed by atoms with van der Waals surface area (Å²) in [7, 11) is 3.33. The Hall–Kier alpha value is -3.33. The average Bonchev–Trinajstić information content (AvgIpc) is 2.86. The lowest BCUT2D eigenvalue weighted by molar-refractivity contribution is -0.131. The number of ether oxygens (including phenoxy) is 2. The van der Waals surface area contributed by atoms with Crippen LogP contribution in [-0.2, 0) is 9.53 Å². The van der Waals surface area contributed by atoms with Crippen LogP contribution in [0.15, 0.2) is 54.0 Å². The first kappa shape index (κ1) is 25.9. The number of likely N-dealkylation sites (N-methyl/N-ethyl adjacent to an activating group) is 1. The summed E-state index contributed by atoms with van der Waals surface area (Å²) >= 11 is 0. The summed E-state index contributed by atoms with van der Waals surface area (Å²) in [6.07, 6.45) is 18.0. The maximum absolute atomic E-state index is 12.7. The highest BCUT2D eigenvalue weighted by Crippen LogP contribution is 2.46. The van der Waals surface area contributed by atoms with Gasteiger partial charge in [-0.3, -0.25) is 4.79 Å². The number of terminal acetylenes is 1. The number of benzene rings is 1. The number of rotatable bonds is 6. The van der Waals surface area contributed by atoms with E-state index in [1.165, 1.54) is 11.4 Å². The molecule has 178 valence electrons. The molecule has 0 atom stereocenters. The number of carbonyl (C=O) groups excluding carboxylic acids is 1. The van der Waals surface area contributed by atoms with Crippen molar-refractivity contribution in [3.8, 4) is 18.6 Å². The van der Waals surface area contributed by atoms with Crippen LogP contribution in [0, 0.1) is 12.8 Å². The fourth-order valence-electron chi connectivity index (χ4n) is 4.67. The topological polar surface area (TPSA) is 54.0 Å². The van der Waals surface area contributed by atoms with Crippen LogP contribution >= 0.6 is 0 Å². The molecule has 6 nitrogen and oxygen atoms in total. The molecule has 33 heavy (non-hydrogen) atoms. The monoisotopic (exact) mass is 451 g/mol. The van der Waals surface area contributed by atoms with Gasteiger partial charge in [0.2, 0.25) is 5.91 Å². The molecule has 2 aliphatic rings. The summed E-state index contributed by atoms with van der Waals surface area (Å²) in [5, 5.41) is 3.82. The van der Waals surface area contributed by atoms with Crippen LogP contribution in [0.25, 0.3) is 0 Å². The van der Waals surface area contributed by atoms with E-state index >= 15 is 0 Å². The first-order chi connectivity index (χ1) is 16.0. The Morgan fingerprint density at radius 1 is 1.21 bits per heavy atom. The molecule has 1 N–H and O–H groups in total. The van der Waals surface area contributed by atoms with E-state index in [2.05, 4.69) is 55.1 Å². The van der Waals surface area contributed by atoms with Crippen LogP contribution in [-0.4, -0.2) is 50.2 Å². The fraction of sp³-hybridized carbons (Fsp3) is 0.444. The quantitative estimate of drug-likeness (QED) is 0.376. The van der Waals surface area contributed by atoms with Gasteiger partial charge in [0.1, 0.15) is 11.5 Å². The molecule has 2 heterocycles. The number of hydrogen-bond donors (Lipinski definition) is 1. The van der Waals surface area contributed by atoms with Gasteiger partial charge >= 0.3 is 0 Å². The fourth-order valence-corrected chi connectivity index (χ4v) is 4.67. The minimum atomic E-state index is -0.176. The van der Waals surface area contributed by atoms with E-state index in [-0.39, 0.29) is 11.4 Å². The molecule has 0 unspecified atom stereocenters. The van der Waals surface area contributed by atoms with Gasteiger partial charge in [0.15, 0.2) is 0 Å². The Morgan fingerprint density at radius 3 is 2.45 bits per heavy atom. The molecule has 1 fully saturated rings. The number of piperidine rings is 1. The Kier molecular flexibility index (Phi) is 9.47. The molecular weight excluding hydrogens is 414 g/mol. The Labute approximate surface area is 198 Å². The number of methoxy groups -OCH3 is 2. The van der Waals surface area contributed by atoms with Gasteiger partial charge in [0.05, 0.1) is 31.1 Å². The molecule has 6 heteroatoms. The van der Waals surface area contributed by atoms with Crippen molar-refractivity contribution in [2.45, 2.75) is 45.6 Å². The molecule has 2 aliphatic heterocycles. The molecule has 0 saturated carbocycles.